The molecule has 1 atom stereocenters. The lowest BCUT2D eigenvalue weighted by Crippen LogP contribution is -2.43. The summed E-state index contributed by atoms with van der Waals surface area (Å²) in [5.74, 6) is 0.0534. The first-order valence-electron chi connectivity index (χ1n) is 7.74. The fourth-order valence-electron chi connectivity index (χ4n) is 2.59. The summed E-state index contributed by atoms with van der Waals surface area (Å²) in [6.07, 6.45) is 1.20. The Labute approximate surface area is 136 Å². The Morgan fingerprint density at radius 2 is 2.00 bits per heavy atom. The topological polar surface area (TPSA) is 67.6 Å². The molecule has 122 valence electrons. The van der Waals surface area contributed by atoms with Crippen LogP contribution in [0.3, 0.4) is 0 Å². The summed E-state index contributed by atoms with van der Waals surface area (Å²) in [7, 11) is 0. The molecule has 1 amide bonds. The first kappa shape index (κ1) is 17.2. The van der Waals surface area contributed by atoms with Crippen molar-refractivity contribution in [1.29, 1.82) is 0 Å². The van der Waals surface area contributed by atoms with E-state index in [1.807, 2.05) is 24.3 Å². The summed E-state index contributed by atoms with van der Waals surface area (Å²) in [6.45, 7) is 4.32. The van der Waals surface area contributed by atoms with Gasteiger partial charge in [0.2, 0.25) is 5.91 Å². The molecule has 0 radical (unpaired) electrons. The number of carbonyl (C=O) groups is 1. The number of morpholine rings is 1. The maximum Gasteiger partial charge on any atom is 0.220 e. The number of halogens is 1. The molecule has 22 heavy (non-hydrogen) atoms. The van der Waals surface area contributed by atoms with E-state index >= 15 is 0 Å². The molecule has 5 nitrogen and oxygen atoms in total. The normalized spacial score (nSPS) is 17.2. The lowest BCUT2D eigenvalue weighted by molar-refractivity contribution is -0.121. The van der Waals surface area contributed by atoms with Crippen molar-refractivity contribution in [3.63, 3.8) is 0 Å². The van der Waals surface area contributed by atoms with E-state index in [1.165, 1.54) is 0 Å². The molecule has 1 aromatic carbocycles. The van der Waals surface area contributed by atoms with Crippen LogP contribution in [0.5, 0.6) is 0 Å². The van der Waals surface area contributed by atoms with Crippen LogP contribution in [0.2, 0.25) is 5.02 Å². The number of nitrogens with zero attached hydrogens (tertiary/aromatic N) is 1. The van der Waals surface area contributed by atoms with Gasteiger partial charge in [-0.05, 0) is 30.7 Å². The smallest absolute Gasteiger partial charge is 0.220 e. The highest BCUT2D eigenvalue weighted by Crippen LogP contribution is 2.23. The zero-order chi connectivity index (χ0) is 15.8. The molecule has 1 fully saturated rings. The van der Waals surface area contributed by atoms with Gasteiger partial charge in [0.1, 0.15) is 0 Å². The molecule has 6 heteroatoms. The number of ether oxygens (including phenoxy) is 1. The number of benzene rings is 1. The predicted molar refractivity (Wildman–Crippen MR) is 87.9 cm³/mol. The van der Waals surface area contributed by atoms with Gasteiger partial charge in [0.15, 0.2) is 0 Å². The van der Waals surface area contributed by atoms with Crippen LogP contribution in [-0.4, -0.2) is 50.2 Å². The molecule has 0 spiro atoms. The zero-order valence-corrected chi connectivity index (χ0v) is 13.5. The summed E-state index contributed by atoms with van der Waals surface area (Å²) in [5.41, 5.74) is 6.60. The number of carbonyl (C=O) groups excluding carboxylic acids is 1. The van der Waals surface area contributed by atoms with E-state index in [-0.39, 0.29) is 11.9 Å². The fourth-order valence-corrected chi connectivity index (χ4v) is 2.72. The van der Waals surface area contributed by atoms with Crippen LogP contribution < -0.4 is 11.1 Å². The van der Waals surface area contributed by atoms with E-state index in [0.29, 0.717) is 19.5 Å². The average molecular weight is 326 g/mol. The van der Waals surface area contributed by atoms with Gasteiger partial charge in [-0.1, -0.05) is 23.7 Å². The lowest BCUT2D eigenvalue weighted by atomic mass is 10.0. The minimum absolute atomic E-state index is 0.0534. The fraction of sp³-hybridized carbons (Fsp3) is 0.562. The summed E-state index contributed by atoms with van der Waals surface area (Å²) in [4.78, 5) is 14.2. The van der Waals surface area contributed by atoms with Crippen LogP contribution >= 0.6 is 11.6 Å². The molecular formula is C16H24ClN3O2. The minimum atomic E-state index is 0.0534. The molecule has 0 bridgehead atoms. The Balaban J connectivity index is 2.01. The lowest BCUT2D eigenvalue weighted by Gasteiger charge is -2.35. The average Bonchev–Trinajstić information content (AvgIpc) is 2.55. The maximum atomic E-state index is 11.8. The van der Waals surface area contributed by atoms with Crippen molar-refractivity contribution in [2.24, 2.45) is 5.73 Å². The monoisotopic (exact) mass is 325 g/mol. The SMILES string of the molecule is NCCCC(=O)NCC(c1ccc(Cl)cc1)N1CCOCC1. The largest absolute Gasteiger partial charge is 0.379 e. The van der Waals surface area contributed by atoms with Gasteiger partial charge in [0, 0.05) is 31.1 Å². The third-order valence-electron chi connectivity index (χ3n) is 3.84. The van der Waals surface area contributed by atoms with Gasteiger partial charge in [0.05, 0.1) is 19.3 Å². The van der Waals surface area contributed by atoms with Gasteiger partial charge in [-0.2, -0.15) is 0 Å². The van der Waals surface area contributed by atoms with Crippen molar-refractivity contribution >= 4 is 17.5 Å². The van der Waals surface area contributed by atoms with Crippen molar-refractivity contribution in [2.75, 3.05) is 39.4 Å². The molecular weight excluding hydrogens is 302 g/mol. The highest BCUT2D eigenvalue weighted by atomic mass is 35.5. The van der Waals surface area contributed by atoms with E-state index in [2.05, 4.69) is 10.2 Å². The molecule has 0 aliphatic carbocycles. The molecule has 1 aliphatic rings. The Kier molecular flexibility index (Phi) is 7.12. The molecule has 0 aromatic heterocycles. The van der Waals surface area contributed by atoms with Gasteiger partial charge in [0.25, 0.3) is 0 Å². The summed E-state index contributed by atoms with van der Waals surface area (Å²) in [5, 5.41) is 3.74. The number of nitrogens with one attached hydrogen (secondary N) is 1. The Hall–Kier alpha value is -1.14. The quantitative estimate of drug-likeness (QED) is 0.798. The number of hydrogen-bond acceptors (Lipinski definition) is 4. The molecule has 1 aliphatic heterocycles. The Bertz CT molecular complexity index is 461. The molecule has 1 heterocycles. The Morgan fingerprint density at radius 1 is 1.32 bits per heavy atom. The predicted octanol–water partition coefficient (Wildman–Crippen LogP) is 1.57. The second kappa shape index (κ2) is 9.10. The van der Waals surface area contributed by atoms with Crippen LogP contribution in [0.4, 0.5) is 0 Å². The first-order chi connectivity index (χ1) is 10.7. The first-order valence-corrected chi connectivity index (χ1v) is 8.12. The van der Waals surface area contributed by atoms with Crippen molar-refractivity contribution in [1.82, 2.24) is 10.2 Å². The van der Waals surface area contributed by atoms with Gasteiger partial charge in [-0.15, -0.1) is 0 Å². The summed E-state index contributed by atoms with van der Waals surface area (Å²) >= 11 is 5.97. The van der Waals surface area contributed by atoms with Crippen molar-refractivity contribution in [3.05, 3.63) is 34.9 Å². The Morgan fingerprint density at radius 3 is 2.64 bits per heavy atom. The van der Waals surface area contributed by atoms with Gasteiger partial charge < -0.3 is 15.8 Å². The molecule has 3 N–H and O–H groups in total. The number of amides is 1. The number of rotatable bonds is 7. The van der Waals surface area contributed by atoms with Gasteiger partial charge in [-0.3, -0.25) is 9.69 Å². The summed E-state index contributed by atoms with van der Waals surface area (Å²) in [6, 6.07) is 7.97. The van der Waals surface area contributed by atoms with Crippen molar-refractivity contribution in [2.45, 2.75) is 18.9 Å². The van der Waals surface area contributed by atoms with E-state index in [0.717, 1.165) is 43.3 Å². The minimum Gasteiger partial charge on any atom is -0.379 e. The highest BCUT2D eigenvalue weighted by molar-refractivity contribution is 6.30. The van der Waals surface area contributed by atoms with Crippen LogP contribution in [0.25, 0.3) is 0 Å². The van der Waals surface area contributed by atoms with Crippen molar-refractivity contribution in [3.8, 4) is 0 Å². The molecule has 1 aromatic rings. The van der Waals surface area contributed by atoms with E-state index in [1.54, 1.807) is 0 Å². The number of nitrogens with two attached hydrogens (primary N) is 1. The van der Waals surface area contributed by atoms with E-state index in [4.69, 9.17) is 22.1 Å². The van der Waals surface area contributed by atoms with Crippen LogP contribution in [-0.2, 0) is 9.53 Å². The second-order valence-corrected chi connectivity index (χ2v) is 5.85. The van der Waals surface area contributed by atoms with Crippen LogP contribution in [0.1, 0.15) is 24.4 Å². The second-order valence-electron chi connectivity index (χ2n) is 5.41. The maximum absolute atomic E-state index is 11.8. The molecule has 2 rings (SSSR count). The van der Waals surface area contributed by atoms with E-state index in [9.17, 15) is 4.79 Å². The van der Waals surface area contributed by atoms with Crippen molar-refractivity contribution < 1.29 is 9.53 Å². The van der Waals surface area contributed by atoms with Gasteiger partial charge in [-0.25, -0.2) is 0 Å². The van der Waals surface area contributed by atoms with E-state index < -0.39 is 0 Å². The summed E-state index contributed by atoms with van der Waals surface area (Å²) < 4.78 is 5.42. The van der Waals surface area contributed by atoms with Crippen LogP contribution in [0, 0.1) is 0 Å². The molecule has 1 saturated heterocycles. The van der Waals surface area contributed by atoms with Crippen LogP contribution in [0.15, 0.2) is 24.3 Å². The highest BCUT2D eigenvalue weighted by Gasteiger charge is 2.23. The molecule has 0 saturated carbocycles. The standard InChI is InChI=1S/C16H24ClN3O2/c17-14-5-3-13(4-6-14)15(20-8-10-22-11-9-20)12-19-16(21)2-1-7-18/h3-6,15H,1-2,7-12,18H2,(H,19,21). The number of hydrogen-bond donors (Lipinski definition) is 2. The van der Waals surface area contributed by atoms with Gasteiger partial charge >= 0.3 is 0 Å². The third kappa shape index (κ3) is 5.25. The third-order valence-corrected chi connectivity index (χ3v) is 4.09. The zero-order valence-electron chi connectivity index (χ0n) is 12.8. The molecule has 1 unspecified atom stereocenters.